The maximum Gasteiger partial charge on any atom is 0.229 e. The Hall–Kier alpha value is -1.75. The van der Waals surface area contributed by atoms with E-state index in [1.807, 2.05) is 20.8 Å². The minimum Gasteiger partial charge on any atom is -0.495 e. The number of carbonyl (C=O) groups excluding carboxylic acids is 2. The first-order valence-electron chi connectivity index (χ1n) is 7.17. The van der Waals surface area contributed by atoms with Crippen molar-refractivity contribution in [1.29, 1.82) is 0 Å². The molecule has 2 rings (SSSR count). The second-order valence-corrected chi connectivity index (χ2v) is 6.85. The second kappa shape index (κ2) is 6.16. The Morgan fingerprint density at radius 2 is 2.09 bits per heavy atom. The van der Waals surface area contributed by atoms with Crippen molar-refractivity contribution in [3.63, 3.8) is 0 Å². The smallest absolute Gasteiger partial charge is 0.229 e. The number of hydrogen-bond acceptors (Lipinski definition) is 3. The molecule has 1 saturated heterocycles. The van der Waals surface area contributed by atoms with E-state index < -0.39 is 0 Å². The lowest BCUT2D eigenvalue weighted by molar-refractivity contribution is -0.131. The fourth-order valence-corrected chi connectivity index (χ4v) is 2.72. The molecule has 1 N–H and O–H groups in total. The van der Waals surface area contributed by atoms with Gasteiger partial charge in [-0.2, -0.15) is 0 Å². The van der Waals surface area contributed by atoms with E-state index in [0.29, 0.717) is 23.0 Å². The predicted molar refractivity (Wildman–Crippen MR) is 86.2 cm³/mol. The molecule has 1 aliphatic rings. The Morgan fingerprint density at radius 3 is 2.64 bits per heavy atom. The highest BCUT2D eigenvalue weighted by Crippen LogP contribution is 2.30. The number of methoxy groups -OCH3 is 1. The molecule has 2 amide bonds. The molecule has 1 aromatic carbocycles. The van der Waals surface area contributed by atoms with E-state index in [0.717, 1.165) is 0 Å². The topological polar surface area (TPSA) is 58.6 Å². The largest absolute Gasteiger partial charge is 0.495 e. The minimum absolute atomic E-state index is 0.00529. The number of carbonyl (C=O) groups is 2. The SMILES string of the molecule is COc1ccc(Cl)cc1NC(=O)[C@@H]1CC(=O)N(C(C)(C)C)C1. The molecule has 0 radical (unpaired) electrons. The molecule has 6 heteroatoms. The molecular weight excluding hydrogens is 304 g/mol. The van der Waals surface area contributed by atoms with E-state index in [1.165, 1.54) is 7.11 Å². The summed E-state index contributed by atoms with van der Waals surface area (Å²) in [6.07, 6.45) is 0.228. The van der Waals surface area contributed by atoms with Crippen LogP contribution in [-0.2, 0) is 9.59 Å². The van der Waals surface area contributed by atoms with Crippen molar-refractivity contribution in [3.05, 3.63) is 23.2 Å². The van der Waals surface area contributed by atoms with Crippen LogP contribution in [0.5, 0.6) is 5.75 Å². The quantitative estimate of drug-likeness (QED) is 0.930. The minimum atomic E-state index is -0.365. The Bertz CT molecular complexity index is 596. The molecule has 0 aliphatic carbocycles. The zero-order valence-corrected chi connectivity index (χ0v) is 14.0. The summed E-state index contributed by atoms with van der Waals surface area (Å²) >= 11 is 5.95. The maximum absolute atomic E-state index is 12.4. The summed E-state index contributed by atoms with van der Waals surface area (Å²) in [6, 6.07) is 5.02. The number of amides is 2. The first-order chi connectivity index (χ1) is 10.2. The number of nitrogens with one attached hydrogen (secondary N) is 1. The number of anilines is 1. The van der Waals surface area contributed by atoms with E-state index in [2.05, 4.69) is 5.32 Å². The van der Waals surface area contributed by atoms with Gasteiger partial charge in [0.15, 0.2) is 0 Å². The Balaban J connectivity index is 2.11. The number of likely N-dealkylation sites (tertiary alicyclic amines) is 1. The second-order valence-electron chi connectivity index (χ2n) is 6.41. The summed E-state index contributed by atoms with van der Waals surface area (Å²) in [5.41, 5.74) is 0.238. The van der Waals surface area contributed by atoms with Crippen LogP contribution in [0.1, 0.15) is 27.2 Å². The van der Waals surface area contributed by atoms with Crippen LogP contribution in [0, 0.1) is 5.92 Å². The predicted octanol–water partition coefficient (Wildman–Crippen LogP) is 2.93. The van der Waals surface area contributed by atoms with Gasteiger partial charge in [0.05, 0.1) is 18.7 Å². The Labute approximate surface area is 135 Å². The molecule has 5 nitrogen and oxygen atoms in total. The van der Waals surface area contributed by atoms with Crippen LogP contribution in [0.3, 0.4) is 0 Å². The molecule has 0 saturated carbocycles. The van der Waals surface area contributed by atoms with E-state index >= 15 is 0 Å². The first kappa shape index (κ1) is 16.6. The van der Waals surface area contributed by atoms with E-state index in [1.54, 1.807) is 23.1 Å². The van der Waals surface area contributed by atoms with Crippen LogP contribution in [0.25, 0.3) is 0 Å². The van der Waals surface area contributed by atoms with Crippen LogP contribution < -0.4 is 10.1 Å². The highest BCUT2D eigenvalue weighted by Gasteiger charge is 2.39. The third-order valence-electron chi connectivity index (χ3n) is 3.72. The van der Waals surface area contributed by atoms with Gasteiger partial charge < -0.3 is 15.0 Å². The number of rotatable bonds is 3. The number of nitrogens with zero attached hydrogens (tertiary/aromatic N) is 1. The highest BCUT2D eigenvalue weighted by molar-refractivity contribution is 6.31. The van der Waals surface area contributed by atoms with Gasteiger partial charge in [0, 0.05) is 23.5 Å². The zero-order chi connectivity index (χ0) is 16.5. The summed E-state index contributed by atoms with van der Waals surface area (Å²) in [4.78, 5) is 26.2. The van der Waals surface area contributed by atoms with E-state index in [9.17, 15) is 9.59 Å². The Kier molecular flexibility index (Phi) is 4.66. The van der Waals surface area contributed by atoms with Crippen molar-refractivity contribution < 1.29 is 14.3 Å². The van der Waals surface area contributed by atoms with E-state index in [4.69, 9.17) is 16.3 Å². The standard InChI is InChI=1S/C16H21ClN2O3/c1-16(2,3)19-9-10(7-14(19)20)15(21)18-12-8-11(17)5-6-13(12)22-4/h5-6,8,10H,7,9H2,1-4H3,(H,18,21)/t10-/m1/s1. The number of ether oxygens (including phenoxy) is 1. The van der Waals surface area contributed by atoms with Crippen molar-refractivity contribution in [1.82, 2.24) is 4.90 Å². The summed E-state index contributed by atoms with van der Waals surface area (Å²) in [5.74, 6) is -0.0171. The molecule has 1 aromatic rings. The maximum atomic E-state index is 12.4. The van der Waals surface area contributed by atoms with E-state index in [-0.39, 0.29) is 29.7 Å². The lowest BCUT2D eigenvalue weighted by Crippen LogP contribution is -2.42. The third kappa shape index (κ3) is 3.53. The number of benzene rings is 1. The molecule has 22 heavy (non-hydrogen) atoms. The summed E-state index contributed by atoms with van der Waals surface area (Å²) in [7, 11) is 1.53. The first-order valence-corrected chi connectivity index (χ1v) is 7.55. The van der Waals surface area contributed by atoms with Crippen LogP contribution in [0.4, 0.5) is 5.69 Å². The van der Waals surface area contributed by atoms with Gasteiger partial charge in [-0.15, -0.1) is 0 Å². The fraction of sp³-hybridized carbons (Fsp3) is 0.500. The fourth-order valence-electron chi connectivity index (χ4n) is 2.54. The van der Waals surface area contributed by atoms with Gasteiger partial charge in [0.2, 0.25) is 11.8 Å². The van der Waals surface area contributed by atoms with Gasteiger partial charge in [-0.3, -0.25) is 9.59 Å². The summed E-state index contributed by atoms with van der Waals surface area (Å²) in [6.45, 7) is 6.32. The number of halogens is 1. The van der Waals surface area contributed by atoms with Gasteiger partial charge in [-0.25, -0.2) is 0 Å². The number of hydrogen-bond donors (Lipinski definition) is 1. The molecule has 120 valence electrons. The Morgan fingerprint density at radius 1 is 1.41 bits per heavy atom. The average Bonchev–Trinajstić information content (AvgIpc) is 2.81. The monoisotopic (exact) mass is 324 g/mol. The van der Waals surface area contributed by atoms with Crippen molar-refractivity contribution in [2.24, 2.45) is 5.92 Å². The van der Waals surface area contributed by atoms with Gasteiger partial charge in [-0.05, 0) is 39.0 Å². The molecule has 0 aromatic heterocycles. The molecule has 0 bridgehead atoms. The van der Waals surface area contributed by atoms with Gasteiger partial charge in [0.25, 0.3) is 0 Å². The molecule has 1 fully saturated rings. The van der Waals surface area contributed by atoms with Crippen molar-refractivity contribution in [3.8, 4) is 5.75 Å². The molecule has 0 spiro atoms. The van der Waals surface area contributed by atoms with Crippen molar-refractivity contribution in [2.45, 2.75) is 32.7 Å². The summed E-state index contributed by atoms with van der Waals surface area (Å²) < 4.78 is 5.21. The van der Waals surface area contributed by atoms with Crippen LogP contribution in [0.15, 0.2) is 18.2 Å². The van der Waals surface area contributed by atoms with Crippen molar-refractivity contribution in [2.75, 3.05) is 19.0 Å². The highest BCUT2D eigenvalue weighted by atomic mass is 35.5. The molecule has 1 heterocycles. The van der Waals surface area contributed by atoms with Crippen LogP contribution in [-0.4, -0.2) is 35.9 Å². The van der Waals surface area contributed by atoms with Gasteiger partial charge in [-0.1, -0.05) is 11.6 Å². The lowest BCUT2D eigenvalue weighted by atomic mass is 10.1. The van der Waals surface area contributed by atoms with Gasteiger partial charge in [0.1, 0.15) is 5.75 Å². The molecule has 1 atom stereocenters. The molecule has 0 unspecified atom stereocenters. The lowest BCUT2D eigenvalue weighted by Gasteiger charge is -2.31. The zero-order valence-electron chi connectivity index (χ0n) is 13.3. The normalized spacial score (nSPS) is 18.5. The van der Waals surface area contributed by atoms with Gasteiger partial charge >= 0.3 is 0 Å². The van der Waals surface area contributed by atoms with Crippen LogP contribution >= 0.6 is 11.6 Å². The molecular formula is C16H21ClN2O3. The average molecular weight is 325 g/mol. The summed E-state index contributed by atoms with van der Waals surface area (Å²) in [5, 5.41) is 3.32. The molecule has 1 aliphatic heterocycles. The van der Waals surface area contributed by atoms with Crippen molar-refractivity contribution >= 4 is 29.1 Å². The third-order valence-corrected chi connectivity index (χ3v) is 3.96. The van der Waals surface area contributed by atoms with Crippen LogP contribution in [0.2, 0.25) is 5.02 Å².